The molecule has 3 aromatic carbocycles. The number of rotatable bonds is 4. The van der Waals surface area contributed by atoms with Gasteiger partial charge in [0.2, 0.25) is 0 Å². The van der Waals surface area contributed by atoms with Crippen molar-refractivity contribution in [2.45, 2.75) is 33.4 Å². The van der Waals surface area contributed by atoms with Crippen LogP contribution in [0.15, 0.2) is 67.0 Å². The van der Waals surface area contributed by atoms with Gasteiger partial charge in [-0.25, -0.2) is 4.98 Å². The van der Waals surface area contributed by atoms with E-state index in [1.165, 1.54) is 11.1 Å². The lowest BCUT2D eigenvalue weighted by atomic mass is 9.92. The van der Waals surface area contributed by atoms with Crippen molar-refractivity contribution in [3.63, 3.8) is 0 Å². The molecule has 1 N–H and O–H groups in total. The van der Waals surface area contributed by atoms with Crippen LogP contribution >= 0.6 is 0 Å². The number of carboxylic acid groups (broad SMARTS) is 1. The SMILES string of the molecule is Cc1cc2ncn(C/C=C3/c4ccccc4COc4ccc(CC(=O)O)cc43)c2cc1C. The fraction of sp³-hybridized carbons (Fsp3) is 0.185. The number of carbonyl (C=O) groups is 1. The number of allylic oxidation sites excluding steroid dienone is 1. The molecule has 160 valence electrons. The monoisotopic (exact) mass is 424 g/mol. The van der Waals surface area contributed by atoms with Gasteiger partial charge in [0.1, 0.15) is 12.4 Å². The summed E-state index contributed by atoms with van der Waals surface area (Å²) in [6, 6.07) is 18.2. The number of carboxylic acids is 1. The third-order valence-electron chi connectivity index (χ3n) is 6.11. The molecule has 1 aromatic heterocycles. The van der Waals surface area contributed by atoms with Crippen LogP contribution in [0, 0.1) is 13.8 Å². The number of fused-ring (bicyclic) bond motifs is 3. The van der Waals surface area contributed by atoms with Crippen LogP contribution in [0.3, 0.4) is 0 Å². The third kappa shape index (κ3) is 3.66. The minimum Gasteiger partial charge on any atom is -0.488 e. The summed E-state index contributed by atoms with van der Waals surface area (Å²) in [7, 11) is 0. The first-order chi connectivity index (χ1) is 15.5. The van der Waals surface area contributed by atoms with Crippen molar-refractivity contribution in [3.05, 3.63) is 100 Å². The molecule has 32 heavy (non-hydrogen) atoms. The number of aryl methyl sites for hydroxylation is 2. The normalized spacial score (nSPS) is 14.0. The van der Waals surface area contributed by atoms with Crippen molar-refractivity contribution < 1.29 is 14.6 Å². The van der Waals surface area contributed by atoms with Crippen molar-refractivity contribution >= 4 is 22.6 Å². The van der Waals surface area contributed by atoms with Crippen molar-refractivity contribution in [1.82, 2.24) is 9.55 Å². The second-order valence-corrected chi connectivity index (χ2v) is 8.29. The van der Waals surface area contributed by atoms with E-state index in [1.54, 1.807) is 0 Å². The highest BCUT2D eigenvalue weighted by atomic mass is 16.5. The van der Waals surface area contributed by atoms with Crippen molar-refractivity contribution in [3.8, 4) is 5.75 Å². The highest BCUT2D eigenvalue weighted by molar-refractivity contribution is 5.86. The zero-order valence-corrected chi connectivity index (χ0v) is 18.1. The first kappa shape index (κ1) is 20.1. The van der Waals surface area contributed by atoms with E-state index < -0.39 is 5.97 Å². The summed E-state index contributed by atoms with van der Waals surface area (Å²) < 4.78 is 8.24. The topological polar surface area (TPSA) is 64.4 Å². The molecule has 4 aromatic rings. The van der Waals surface area contributed by atoms with Crippen LogP contribution in [0.2, 0.25) is 0 Å². The molecule has 0 radical (unpaired) electrons. The van der Waals surface area contributed by atoms with Gasteiger partial charge in [0.25, 0.3) is 0 Å². The highest BCUT2D eigenvalue weighted by Gasteiger charge is 2.20. The molecule has 0 fully saturated rings. The number of hydrogen-bond acceptors (Lipinski definition) is 3. The van der Waals surface area contributed by atoms with Crippen LogP contribution < -0.4 is 4.74 Å². The van der Waals surface area contributed by atoms with Crippen LogP contribution in [-0.2, 0) is 24.4 Å². The van der Waals surface area contributed by atoms with Gasteiger partial charge in [0.15, 0.2) is 0 Å². The van der Waals surface area contributed by atoms with Crippen LogP contribution in [0.4, 0.5) is 0 Å². The van der Waals surface area contributed by atoms with Gasteiger partial charge in [-0.15, -0.1) is 0 Å². The zero-order valence-electron chi connectivity index (χ0n) is 18.1. The summed E-state index contributed by atoms with van der Waals surface area (Å²) in [4.78, 5) is 15.9. The molecule has 0 unspecified atom stereocenters. The number of imidazole rings is 1. The maximum atomic E-state index is 11.3. The standard InChI is InChI=1S/C27H24N2O3/c1-17-11-24-25(12-18(17)2)29(16-28-24)10-9-22-21-6-4-3-5-20(21)15-32-26-8-7-19(13-23(22)26)14-27(30)31/h3-9,11-13,16H,10,14-15H2,1-2H3,(H,30,31)/b22-9-. The van der Waals surface area contributed by atoms with E-state index in [4.69, 9.17) is 4.74 Å². The lowest BCUT2D eigenvalue weighted by Gasteiger charge is -2.13. The second kappa shape index (κ2) is 8.00. The van der Waals surface area contributed by atoms with E-state index in [2.05, 4.69) is 53.7 Å². The third-order valence-corrected chi connectivity index (χ3v) is 6.11. The highest BCUT2D eigenvalue weighted by Crippen LogP contribution is 2.37. The molecule has 5 nitrogen and oxygen atoms in total. The van der Waals surface area contributed by atoms with Crippen molar-refractivity contribution in [2.24, 2.45) is 0 Å². The van der Waals surface area contributed by atoms with E-state index in [1.807, 2.05) is 36.7 Å². The molecule has 0 amide bonds. The van der Waals surface area contributed by atoms with Gasteiger partial charge in [-0.3, -0.25) is 4.79 Å². The number of benzene rings is 3. The maximum absolute atomic E-state index is 11.3. The van der Waals surface area contributed by atoms with Crippen LogP contribution in [0.5, 0.6) is 5.75 Å². The zero-order chi connectivity index (χ0) is 22.2. The summed E-state index contributed by atoms with van der Waals surface area (Å²) in [5.41, 5.74) is 9.50. The largest absolute Gasteiger partial charge is 0.488 e. The Balaban J connectivity index is 1.63. The molecular weight excluding hydrogens is 400 g/mol. The van der Waals surface area contributed by atoms with E-state index in [0.29, 0.717) is 13.2 Å². The van der Waals surface area contributed by atoms with Gasteiger partial charge < -0.3 is 14.4 Å². The number of aromatic nitrogens is 2. The number of nitrogens with zero attached hydrogens (tertiary/aromatic N) is 2. The molecule has 0 atom stereocenters. The summed E-state index contributed by atoms with van der Waals surface area (Å²) in [5.74, 6) is -0.0792. The predicted octanol–water partition coefficient (Wildman–Crippen LogP) is 5.30. The smallest absolute Gasteiger partial charge is 0.307 e. The van der Waals surface area contributed by atoms with E-state index >= 15 is 0 Å². The van der Waals surface area contributed by atoms with Gasteiger partial charge in [0, 0.05) is 12.1 Å². The molecule has 0 bridgehead atoms. The van der Waals surface area contributed by atoms with E-state index in [-0.39, 0.29) is 6.42 Å². The first-order valence-electron chi connectivity index (χ1n) is 10.7. The summed E-state index contributed by atoms with van der Waals surface area (Å²) in [5, 5.41) is 9.26. The molecule has 0 saturated heterocycles. The summed E-state index contributed by atoms with van der Waals surface area (Å²) in [6.07, 6.45) is 4.04. The molecule has 0 spiro atoms. The Morgan fingerprint density at radius 3 is 2.75 bits per heavy atom. The second-order valence-electron chi connectivity index (χ2n) is 8.29. The fourth-order valence-corrected chi connectivity index (χ4v) is 4.28. The van der Waals surface area contributed by atoms with Gasteiger partial charge in [0.05, 0.1) is 23.8 Å². The Morgan fingerprint density at radius 1 is 1.09 bits per heavy atom. The maximum Gasteiger partial charge on any atom is 0.307 e. The summed E-state index contributed by atoms with van der Waals surface area (Å²) in [6.45, 7) is 5.34. The van der Waals surface area contributed by atoms with Gasteiger partial charge in [-0.2, -0.15) is 0 Å². The Labute approximate surface area is 186 Å². The Kier molecular flexibility index (Phi) is 5.02. The minimum absolute atomic E-state index is 0.0208. The molecular formula is C27H24N2O3. The molecule has 2 heterocycles. The number of aliphatic carboxylic acids is 1. The molecule has 5 heteroatoms. The Bertz CT molecular complexity index is 1380. The number of hydrogen-bond donors (Lipinski definition) is 1. The molecule has 0 saturated carbocycles. The molecule has 5 rings (SSSR count). The average molecular weight is 425 g/mol. The predicted molar refractivity (Wildman–Crippen MR) is 125 cm³/mol. The fourth-order valence-electron chi connectivity index (χ4n) is 4.28. The van der Waals surface area contributed by atoms with Gasteiger partial charge in [-0.1, -0.05) is 36.4 Å². The van der Waals surface area contributed by atoms with Crippen LogP contribution in [0.1, 0.15) is 33.4 Å². The van der Waals surface area contributed by atoms with Gasteiger partial charge in [-0.05, 0) is 71.5 Å². The quantitative estimate of drug-likeness (QED) is 0.483. The minimum atomic E-state index is -0.846. The van der Waals surface area contributed by atoms with Crippen LogP contribution in [-0.4, -0.2) is 20.6 Å². The van der Waals surface area contributed by atoms with Crippen LogP contribution in [0.25, 0.3) is 16.6 Å². The van der Waals surface area contributed by atoms with Crippen molar-refractivity contribution in [1.29, 1.82) is 0 Å². The van der Waals surface area contributed by atoms with E-state index in [0.717, 1.165) is 44.6 Å². The van der Waals surface area contributed by atoms with Crippen molar-refractivity contribution in [2.75, 3.05) is 0 Å². The van der Waals surface area contributed by atoms with Gasteiger partial charge >= 0.3 is 5.97 Å². The average Bonchev–Trinajstić information content (AvgIpc) is 3.07. The van der Waals surface area contributed by atoms with E-state index in [9.17, 15) is 9.90 Å². The first-order valence-corrected chi connectivity index (χ1v) is 10.7. The number of ether oxygens (including phenoxy) is 1. The lowest BCUT2D eigenvalue weighted by Crippen LogP contribution is -2.02. The Hall–Kier alpha value is -3.86. The molecule has 0 aliphatic carbocycles. The lowest BCUT2D eigenvalue weighted by molar-refractivity contribution is -0.136. The molecule has 1 aliphatic heterocycles. The molecule has 1 aliphatic rings. The summed E-state index contributed by atoms with van der Waals surface area (Å²) >= 11 is 0. The Morgan fingerprint density at radius 2 is 1.91 bits per heavy atom.